The summed E-state index contributed by atoms with van der Waals surface area (Å²) in [7, 11) is -3.58. The Morgan fingerprint density at radius 2 is 1.32 bits per heavy atom. The number of aryl methyl sites for hydroxylation is 2. The molecule has 2 N–H and O–H groups in total. The molecule has 6 heteroatoms. The lowest BCUT2D eigenvalue weighted by Gasteiger charge is -2.09. The molecule has 0 unspecified atom stereocenters. The molecule has 0 saturated carbocycles. The highest BCUT2D eigenvalue weighted by Crippen LogP contribution is 2.13. The number of sulfonamides is 1. The summed E-state index contributed by atoms with van der Waals surface area (Å²) in [6, 6.07) is 21.1. The van der Waals surface area contributed by atoms with Crippen molar-refractivity contribution in [3.63, 3.8) is 0 Å². The van der Waals surface area contributed by atoms with Gasteiger partial charge >= 0.3 is 0 Å². The lowest BCUT2D eigenvalue weighted by molar-refractivity contribution is 0.102. The van der Waals surface area contributed by atoms with Crippen LogP contribution in [0.5, 0.6) is 0 Å². The number of amides is 1. The molecule has 0 spiro atoms. The van der Waals surface area contributed by atoms with Crippen molar-refractivity contribution < 1.29 is 13.2 Å². The maximum absolute atomic E-state index is 12.3. The monoisotopic (exact) mass is 394 g/mol. The van der Waals surface area contributed by atoms with Gasteiger partial charge in [-0.25, -0.2) is 13.1 Å². The van der Waals surface area contributed by atoms with Gasteiger partial charge in [0.2, 0.25) is 10.0 Å². The number of hydrogen-bond acceptors (Lipinski definition) is 3. The summed E-state index contributed by atoms with van der Waals surface area (Å²) in [5.41, 5.74) is 4.12. The van der Waals surface area contributed by atoms with Gasteiger partial charge in [-0.3, -0.25) is 4.79 Å². The summed E-state index contributed by atoms with van der Waals surface area (Å²) in [6.07, 6.45) is 0. The molecule has 28 heavy (non-hydrogen) atoms. The summed E-state index contributed by atoms with van der Waals surface area (Å²) >= 11 is 0. The maximum Gasteiger partial charge on any atom is 0.255 e. The molecule has 0 aliphatic rings. The molecule has 0 aliphatic carbocycles. The van der Waals surface area contributed by atoms with Crippen LogP contribution in [0.2, 0.25) is 0 Å². The normalized spacial score (nSPS) is 11.2. The minimum absolute atomic E-state index is 0.149. The van der Waals surface area contributed by atoms with Crippen LogP contribution < -0.4 is 10.0 Å². The number of hydrogen-bond donors (Lipinski definition) is 2. The van der Waals surface area contributed by atoms with Crippen LogP contribution in [-0.4, -0.2) is 14.3 Å². The molecule has 0 aromatic heterocycles. The van der Waals surface area contributed by atoms with E-state index in [1.54, 1.807) is 48.5 Å². The quantitative estimate of drug-likeness (QED) is 0.663. The van der Waals surface area contributed by atoms with Crippen LogP contribution >= 0.6 is 0 Å². The van der Waals surface area contributed by atoms with Gasteiger partial charge in [0.15, 0.2) is 0 Å². The molecular weight excluding hydrogens is 372 g/mol. The Morgan fingerprint density at radius 3 is 1.89 bits per heavy atom. The van der Waals surface area contributed by atoms with Crippen molar-refractivity contribution in [1.29, 1.82) is 0 Å². The van der Waals surface area contributed by atoms with Gasteiger partial charge in [-0.05, 0) is 55.8 Å². The van der Waals surface area contributed by atoms with E-state index in [0.29, 0.717) is 5.56 Å². The average Bonchev–Trinajstić information content (AvgIpc) is 2.69. The maximum atomic E-state index is 12.3. The fraction of sp³-hybridized carbons (Fsp3) is 0.136. The number of carbonyl (C=O) groups is 1. The standard InChI is InChI=1S/C22H22N2O3S/c1-16-3-11-20(12-4-16)24-22(25)19-9-7-18(8-10-19)15-23-28(26,27)21-13-5-17(2)6-14-21/h3-14,23H,15H2,1-2H3,(H,24,25). The van der Waals surface area contributed by atoms with Crippen molar-refractivity contribution in [2.45, 2.75) is 25.3 Å². The number of rotatable bonds is 6. The topological polar surface area (TPSA) is 75.3 Å². The predicted molar refractivity (Wildman–Crippen MR) is 111 cm³/mol. The van der Waals surface area contributed by atoms with Gasteiger partial charge in [0.05, 0.1) is 4.90 Å². The van der Waals surface area contributed by atoms with E-state index in [1.165, 1.54) is 0 Å². The highest BCUT2D eigenvalue weighted by molar-refractivity contribution is 7.89. The first-order valence-corrected chi connectivity index (χ1v) is 10.4. The van der Waals surface area contributed by atoms with Crippen LogP contribution in [0.1, 0.15) is 27.0 Å². The third kappa shape index (κ3) is 5.06. The van der Waals surface area contributed by atoms with E-state index in [9.17, 15) is 13.2 Å². The third-order valence-electron chi connectivity index (χ3n) is 4.32. The first kappa shape index (κ1) is 19.8. The van der Waals surface area contributed by atoms with Gasteiger partial charge in [0.25, 0.3) is 5.91 Å². The Hall–Kier alpha value is -2.96. The van der Waals surface area contributed by atoms with Crippen molar-refractivity contribution in [3.05, 3.63) is 95.1 Å². The molecule has 0 radical (unpaired) electrons. The van der Waals surface area contributed by atoms with E-state index in [0.717, 1.165) is 22.4 Å². The fourth-order valence-corrected chi connectivity index (χ4v) is 3.61. The summed E-state index contributed by atoms with van der Waals surface area (Å²) in [5.74, 6) is -0.212. The predicted octanol–water partition coefficient (Wildman–Crippen LogP) is 4.03. The average molecular weight is 394 g/mol. The number of anilines is 1. The molecule has 3 aromatic carbocycles. The van der Waals surface area contributed by atoms with Gasteiger partial charge in [-0.1, -0.05) is 47.5 Å². The largest absolute Gasteiger partial charge is 0.322 e. The van der Waals surface area contributed by atoms with Crippen molar-refractivity contribution in [2.24, 2.45) is 0 Å². The second-order valence-electron chi connectivity index (χ2n) is 6.65. The summed E-state index contributed by atoms with van der Waals surface area (Å²) in [5, 5.41) is 2.84. The molecule has 0 atom stereocenters. The van der Waals surface area contributed by atoms with E-state index >= 15 is 0 Å². The highest BCUT2D eigenvalue weighted by atomic mass is 32.2. The summed E-state index contributed by atoms with van der Waals surface area (Å²) in [4.78, 5) is 12.5. The first-order chi connectivity index (χ1) is 13.3. The molecule has 0 saturated heterocycles. The zero-order valence-electron chi connectivity index (χ0n) is 15.8. The molecule has 0 aliphatic heterocycles. The zero-order chi connectivity index (χ0) is 20.1. The van der Waals surface area contributed by atoms with E-state index in [1.807, 2.05) is 38.1 Å². The van der Waals surface area contributed by atoms with Crippen molar-refractivity contribution >= 4 is 21.6 Å². The van der Waals surface area contributed by atoms with Crippen LogP contribution in [0.3, 0.4) is 0 Å². The number of benzene rings is 3. The third-order valence-corrected chi connectivity index (χ3v) is 5.74. The minimum Gasteiger partial charge on any atom is -0.322 e. The first-order valence-electron chi connectivity index (χ1n) is 8.87. The Kier molecular flexibility index (Phi) is 5.92. The Bertz CT molecular complexity index is 1060. The van der Waals surface area contributed by atoms with Gasteiger partial charge in [-0.2, -0.15) is 0 Å². The molecular formula is C22H22N2O3S. The second kappa shape index (κ2) is 8.37. The van der Waals surface area contributed by atoms with Crippen molar-refractivity contribution in [1.82, 2.24) is 4.72 Å². The van der Waals surface area contributed by atoms with Crippen molar-refractivity contribution in [2.75, 3.05) is 5.32 Å². The van der Waals surface area contributed by atoms with E-state index in [-0.39, 0.29) is 17.3 Å². The van der Waals surface area contributed by atoms with Gasteiger partial charge in [0.1, 0.15) is 0 Å². The Morgan fingerprint density at radius 1 is 0.786 bits per heavy atom. The van der Waals surface area contributed by atoms with E-state index < -0.39 is 10.0 Å². The molecule has 1 amide bonds. The van der Waals surface area contributed by atoms with Crippen LogP contribution in [-0.2, 0) is 16.6 Å². The van der Waals surface area contributed by atoms with Gasteiger partial charge in [0, 0.05) is 17.8 Å². The van der Waals surface area contributed by atoms with Crippen LogP contribution in [0, 0.1) is 13.8 Å². The van der Waals surface area contributed by atoms with Gasteiger partial charge < -0.3 is 5.32 Å². The lowest BCUT2D eigenvalue weighted by Crippen LogP contribution is -2.23. The number of nitrogens with one attached hydrogen (secondary N) is 2. The van der Waals surface area contributed by atoms with Crippen LogP contribution in [0.15, 0.2) is 77.7 Å². The number of carbonyl (C=O) groups excluding carboxylic acids is 1. The molecule has 0 bridgehead atoms. The minimum atomic E-state index is -3.58. The van der Waals surface area contributed by atoms with Crippen molar-refractivity contribution in [3.8, 4) is 0 Å². The van der Waals surface area contributed by atoms with E-state index in [2.05, 4.69) is 10.0 Å². The van der Waals surface area contributed by atoms with Gasteiger partial charge in [-0.15, -0.1) is 0 Å². The Labute approximate surface area is 165 Å². The molecule has 5 nitrogen and oxygen atoms in total. The summed E-state index contributed by atoms with van der Waals surface area (Å²) in [6.45, 7) is 4.04. The van der Waals surface area contributed by atoms with Crippen LogP contribution in [0.4, 0.5) is 5.69 Å². The van der Waals surface area contributed by atoms with E-state index in [4.69, 9.17) is 0 Å². The molecule has 3 rings (SSSR count). The van der Waals surface area contributed by atoms with Crippen LogP contribution in [0.25, 0.3) is 0 Å². The summed E-state index contributed by atoms with van der Waals surface area (Å²) < 4.78 is 27.3. The molecule has 3 aromatic rings. The molecule has 0 heterocycles. The zero-order valence-corrected chi connectivity index (χ0v) is 16.6. The molecule has 0 fully saturated rings. The lowest BCUT2D eigenvalue weighted by atomic mass is 10.1. The molecule has 144 valence electrons. The second-order valence-corrected chi connectivity index (χ2v) is 8.42. The SMILES string of the molecule is Cc1ccc(NC(=O)c2ccc(CNS(=O)(=O)c3ccc(C)cc3)cc2)cc1. The fourth-order valence-electron chi connectivity index (χ4n) is 2.59. The smallest absolute Gasteiger partial charge is 0.255 e. The highest BCUT2D eigenvalue weighted by Gasteiger charge is 2.13. The Balaban J connectivity index is 1.61.